The molecule has 0 aliphatic heterocycles. The van der Waals surface area contributed by atoms with E-state index in [1.165, 1.54) is 0 Å². The lowest BCUT2D eigenvalue weighted by atomic mass is 10.1. The minimum absolute atomic E-state index is 0. The molecular formula is C17H21Cl2N5O. The molecule has 8 heteroatoms. The number of aromatic amines is 1. The number of hydrogen-bond acceptors (Lipinski definition) is 4. The SMILES string of the molecule is CN(C)CCNC(=O)c1cccc2[nH]c(-c3ccncc3)nc12.Cl.Cl. The maximum Gasteiger partial charge on any atom is 0.253 e. The van der Waals surface area contributed by atoms with Crippen LogP contribution in [-0.2, 0) is 0 Å². The number of hydrogen-bond donors (Lipinski definition) is 2. The highest BCUT2D eigenvalue weighted by molar-refractivity contribution is 6.05. The van der Waals surface area contributed by atoms with Crippen molar-refractivity contribution in [2.24, 2.45) is 0 Å². The fourth-order valence-electron chi connectivity index (χ4n) is 2.35. The van der Waals surface area contributed by atoms with Crippen LogP contribution in [0, 0.1) is 0 Å². The van der Waals surface area contributed by atoms with Crippen LogP contribution in [0.4, 0.5) is 0 Å². The van der Waals surface area contributed by atoms with Gasteiger partial charge in [0, 0.05) is 31.0 Å². The van der Waals surface area contributed by atoms with E-state index in [1.807, 2.05) is 43.3 Å². The molecule has 0 unspecified atom stereocenters. The number of amides is 1. The Morgan fingerprint density at radius 2 is 1.88 bits per heavy atom. The van der Waals surface area contributed by atoms with Crippen molar-refractivity contribution in [3.05, 3.63) is 48.3 Å². The summed E-state index contributed by atoms with van der Waals surface area (Å²) in [5.41, 5.74) is 3.05. The number of likely N-dealkylation sites (N-methyl/N-ethyl adjacent to an activating group) is 1. The number of nitrogens with one attached hydrogen (secondary N) is 2. The molecule has 2 N–H and O–H groups in total. The molecule has 0 saturated heterocycles. The van der Waals surface area contributed by atoms with Gasteiger partial charge in [0.25, 0.3) is 5.91 Å². The van der Waals surface area contributed by atoms with Gasteiger partial charge in [-0.3, -0.25) is 9.78 Å². The Morgan fingerprint density at radius 1 is 1.16 bits per heavy atom. The topological polar surface area (TPSA) is 73.9 Å². The molecule has 3 aromatic rings. The molecule has 25 heavy (non-hydrogen) atoms. The Morgan fingerprint density at radius 3 is 2.56 bits per heavy atom. The van der Waals surface area contributed by atoms with E-state index in [1.54, 1.807) is 18.5 Å². The number of halogens is 2. The molecule has 3 rings (SSSR count). The lowest BCUT2D eigenvalue weighted by Crippen LogP contribution is -2.31. The number of nitrogens with zero attached hydrogens (tertiary/aromatic N) is 3. The summed E-state index contributed by atoms with van der Waals surface area (Å²) in [6.45, 7) is 1.40. The number of carbonyl (C=O) groups excluding carboxylic acids is 1. The third-order valence-corrected chi connectivity index (χ3v) is 3.56. The Bertz CT molecular complexity index is 820. The van der Waals surface area contributed by atoms with Crippen LogP contribution in [0.25, 0.3) is 22.4 Å². The molecule has 0 radical (unpaired) electrons. The van der Waals surface area contributed by atoms with Crippen molar-refractivity contribution in [1.82, 2.24) is 25.2 Å². The predicted octanol–water partition coefficient (Wildman–Crippen LogP) is 2.76. The number of fused-ring (bicyclic) bond motifs is 1. The van der Waals surface area contributed by atoms with E-state index in [0.29, 0.717) is 17.6 Å². The Hall–Kier alpha value is -2.15. The average molecular weight is 382 g/mol. The summed E-state index contributed by atoms with van der Waals surface area (Å²) in [5.74, 6) is 0.626. The number of para-hydroxylation sites is 1. The molecule has 0 bridgehead atoms. The number of aromatic nitrogens is 3. The summed E-state index contributed by atoms with van der Waals surface area (Å²) in [6.07, 6.45) is 3.44. The standard InChI is InChI=1S/C17H19N5O.2ClH/c1-22(2)11-10-19-17(23)13-4-3-5-14-15(13)21-16(20-14)12-6-8-18-9-7-12;;/h3-9H,10-11H2,1-2H3,(H,19,23)(H,20,21);2*1H. The van der Waals surface area contributed by atoms with Crippen molar-refractivity contribution in [3.63, 3.8) is 0 Å². The van der Waals surface area contributed by atoms with Gasteiger partial charge in [0.05, 0.1) is 11.1 Å². The normalized spacial score (nSPS) is 10.2. The van der Waals surface area contributed by atoms with Crippen molar-refractivity contribution in [2.45, 2.75) is 0 Å². The maximum absolute atomic E-state index is 12.4. The molecule has 134 valence electrons. The number of pyridine rings is 1. The van der Waals surface area contributed by atoms with Crippen molar-refractivity contribution in [1.29, 1.82) is 0 Å². The van der Waals surface area contributed by atoms with E-state index in [-0.39, 0.29) is 30.7 Å². The van der Waals surface area contributed by atoms with Crippen LogP contribution in [0.15, 0.2) is 42.7 Å². The first-order valence-electron chi connectivity index (χ1n) is 7.47. The van der Waals surface area contributed by atoms with E-state index in [9.17, 15) is 4.79 Å². The quantitative estimate of drug-likeness (QED) is 0.712. The number of H-pyrrole nitrogens is 1. The molecule has 0 saturated carbocycles. The summed E-state index contributed by atoms with van der Waals surface area (Å²) in [4.78, 5) is 26.3. The van der Waals surface area contributed by atoms with Gasteiger partial charge in [-0.1, -0.05) is 6.07 Å². The molecule has 0 fully saturated rings. The molecule has 0 aliphatic carbocycles. The van der Waals surface area contributed by atoms with E-state index >= 15 is 0 Å². The zero-order chi connectivity index (χ0) is 16.2. The highest BCUT2D eigenvalue weighted by atomic mass is 35.5. The lowest BCUT2D eigenvalue weighted by Gasteiger charge is -2.10. The minimum Gasteiger partial charge on any atom is -0.351 e. The second kappa shape index (κ2) is 9.36. The van der Waals surface area contributed by atoms with Crippen LogP contribution in [0.3, 0.4) is 0 Å². The van der Waals surface area contributed by atoms with E-state index in [0.717, 1.165) is 23.4 Å². The summed E-state index contributed by atoms with van der Waals surface area (Å²) < 4.78 is 0. The van der Waals surface area contributed by atoms with Gasteiger partial charge in [-0.05, 0) is 38.4 Å². The van der Waals surface area contributed by atoms with Gasteiger partial charge in [-0.2, -0.15) is 0 Å². The summed E-state index contributed by atoms with van der Waals surface area (Å²) >= 11 is 0. The Kier molecular flexibility index (Phi) is 7.83. The highest BCUT2D eigenvalue weighted by Crippen LogP contribution is 2.22. The molecule has 6 nitrogen and oxygen atoms in total. The third-order valence-electron chi connectivity index (χ3n) is 3.56. The van der Waals surface area contributed by atoms with Gasteiger partial charge in [0.15, 0.2) is 0 Å². The molecule has 1 amide bonds. The van der Waals surface area contributed by atoms with Crippen LogP contribution >= 0.6 is 24.8 Å². The molecule has 2 heterocycles. The number of carbonyl (C=O) groups is 1. The molecule has 0 aliphatic rings. The van der Waals surface area contributed by atoms with Gasteiger partial charge in [0.2, 0.25) is 0 Å². The molecule has 0 spiro atoms. The van der Waals surface area contributed by atoms with Crippen LogP contribution in [0.2, 0.25) is 0 Å². The fraction of sp³-hybridized carbons (Fsp3) is 0.235. The first-order valence-corrected chi connectivity index (χ1v) is 7.47. The number of rotatable bonds is 5. The largest absolute Gasteiger partial charge is 0.351 e. The van der Waals surface area contributed by atoms with Crippen molar-refractivity contribution < 1.29 is 4.79 Å². The number of benzene rings is 1. The van der Waals surface area contributed by atoms with Gasteiger partial charge in [-0.15, -0.1) is 24.8 Å². The third kappa shape index (κ3) is 4.92. The van der Waals surface area contributed by atoms with Crippen LogP contribution in [-0.4, -0.2) is 52.9 Å². The van der Waals surface area contributed by atoms with Gasteiger partial charge in [-0.25, -0.2) is 4.98 Å². The molecule has 1 aromatic carbocycles. The highest BCUT2D eigenvalue weighted by Gasteiger charge is 2.14. The first-order chi connectivity index (χ1) is 11.1. The maximum atomic E-state index is 12.4. The van der Waals surface area contributed by atoms with Crippen molar-refractivity contribution in [2.75, 3.05) is 27.2 Å². The van der Waals surface area contributed by atoms with Crippen LogP contribution < -0.4 is 5.32 Å². The zero-order valence-corrected chi connectivity index (χ0v) is 15.7. The Balaban J connectivity index is 0.00000156. The summed E-state index contributed by atoms with van der Waals surface area (Å²) in [6, 6.07) is 9.34. The number of imidazole rings is 1. The average Bonchev–Trinajstić information content (AvgIpc) is 2.99. The predicted molar refractivity (Wildman–Crippen MR) is 105 cm³/mol. The second-order valence-corrected chi connectivity index (χ2v) is 5.58. The van der Waals surface area contributed by atoms with Crippen molar-refractivity contribution >= 4 is 41.8 Å². The zero-order valence-electron chi connectivity index (χ0n) is 14.0. The van der Waals surface area contributed by atoms with E-state index in [2.05, 4.69) is 20.3 Å². The molecular weight excluding hydrogens is 361 g/mol. The lowest BCUT2D eigenvalue weighted by molar-refractivity contribution is 0.0952. The second-order valence-electron chi connectivity index (χ2n) is 5.58. The van der Waals surface area contributed by atoms with Crippen molar-refractivity contribution in [3.8, 4) is 11.4 Å². The van der Waals surface area contributed by atoms with Gasteiger partial charge >= 0.3 is 0 Å². The van der Waals surface area contributed by atoms with Gasteiger partial charge < -0.3 is 15.2 Å². The monoisotopic (exact) mass is 381 g/mol. The van der Waals surface area contributed by atoms with E-state index in [4.69, 9.17) is 0 Å². The van der Waals surface area contributed by atoms with Crippen LogP contribution in [0.1, 0.15) is 10.4 Å². The first kappa shape index (κ1) is 20.9. The van der Waals surface area contributed by atoms with E-state index < -0.39 is 0 Å². The summed E-state index contributed by atoms with van der Waals surface area (Å²) in [5, 5.41) is 2.93. The fourth-order valence-corrected chi connectivity index (χ4v) is 2.35. The Labute approximate surface area is 158 Å². The van der Waals surface area contributed by atoms with Gasteiger partial charge in [0.1, 0.15) is 11.3 Å². The summed E-state index contributed by atoms with van der Waals surface area (Å²) in [7, 11) is 3.95. The van der Waals surface area contributed by atoms with Crippen LogP contribution in [0.5, 0.6) is 0 Å². The minimum atomic E-state index is -0.106. The smallest absolute Gasteiger partial charge is 0.253 e. The molecule has 0 atom stereocenters. The molecule has 2 aromatic heterocycles.